The normalized spacial score (nSPS) is 16.9. The van der Waals surface area contributed by atoms with Crippen molar-refractivity contribution in [3.63, 3.8) is 0 Å². The van der Waals surface area contributed by atoms with Crippen LogP contribution < -0.4 is 15.5 Å². The van der Waals surface area contributed by atoms with Crippen LogP contribution in [0.5, 0.6) is 0 Å². The molecule has 0 aliphatic carbocycles. The number of aromatic amines is 1. The van der Waals surface area contributed by atoms with Gasteiger partial charge in [-0.1, -0.05) is 47.0 Å². The molecule has 3 N–H and O–H groups in total. The van der Waals surface area contributed by atoms with E-state index in [1.807, 2.05) is 29.3 Å². The zero-order valence-corrected chi connectivity index (χ0v) is 15.1. The molecule has 0 spiro atoms. The monoisotopic (exact) mass is 373 g/mol. The number of nitrogens with two attached hydrogens (primary N) is 1. The van der Waals surface area contributed by atoms with Crippen molar-refractivity contribution in [2.75, 3.05) is 16.5 Å². The van der Waals surface area contributed by atoms with Crippen molar-refractivity contribution in [3.8, 4) is 0 Å². The van der Waals surface area contributed by atoms with E-state index >= 15 is 0 Å². The summed E-state index contributed by atoms with van der Waals surface area (Å²) >= 11 is 12.9. The van der Waals surface area contributed by atoms with Gasteiger partial charge in [0.25, 0.3) is 0 Å². The number of halogens is 2. The predicted octanol–water partition coefficient (Wildman–Crippen LogP) is 4.60. The van der Waals surface area contributed by atoms with Gasteiger partial charge in [-0.05, 0) is 31.2 Å². The van der Waals surface area contributed by atoms with Gasteiger partial charge >= 0.3 is 0 Å². The summed E-state index contributed by atoms with van der Waals surface area (Å²) < 4.78 is 0. The highest BCUT2D eigenvalue weighted by Crippen LogP contribution is 2.43. The van der Waals surface area contributed by atoms with Crippen LogP contribution in [0.1, 0.15) is 17.3 Å². The minimum absolute atomic E-state index is 0.311. The second-order valence-electron chi connectivity index (χ2n) is 6.05. The first-order valence-corrected chi connectivity index (χ1v) is 8.66. The Morgan fingerprint density at radius 3 is 2.48 bits per heavy atom. The van der Waals surface area contributed by atoms with Gasteiger partial charge in [0.1, 0.15) is 6.17 Å². The Hall–Kier alpha value is -2.21. The molecule has 1 aliphatic rings. The van der Waals surface area contributed by atoms with Crippen LogP contribution in [0.2, 0.25) is 10.0 Å². The lowest BCUT2D eigenvalue weighted by Crippen LogP contribution is -2.46. The molecule has 2 heterocycles. The quantitative estimate of drug-likeness (QED) is 0.688. The third-order valence-corrected chi connectivity index (χ3v) is 5.04. The molecule has 5 nitrogen and oxygen atoms in total. The van der Waals surface area contributed by atoms with Crippen molar-refractivity contribution in [1.29, 1.82) is 0 Å². The summed E-state index contributed by atoms with van der Waals surface area (Å²) in [6.07, 6.45) is 1.51. The molecule has 2 aromatic carbocycles. The second kappa shape index (κ2) is 6.26. The summed E-state index contributed by atoms with van der Waals surface area (Å²) in [5, 5.41) is 8.41. The Labute approximate surface area is 155 Å². The predicted molar refractivity (Wildman–Crippen MR) is 103 cm³/mol. The van der Waals surface area contributed by atoms with Crippen LogP contribution in [0.3, 0.4) is 0 Å². The maximum atomic E-state index is 6.49. The Balaban J connectivity index is 1.83. The Morgan fingerprint density at radius 2 is 1.80 bits per heavy atom. The van der Waals surface area contributed by atoms with Crippen LogP contribution >= 0.6 is 23.2 Å². The number of nitrogens with one attached hydrogen (secondary N) is 1. The van der Waals surface area contributed by atoms with Crippen LogP contribution in [-0.4, -0.2) is 16.9 Å². The van der Waals surface area contributed by atoms with Gasteiger partial charge in [0.15, 0.2) is 5.82 Å². The summed E-state index contributed by atoms with van der Waals surface area (Å²) in [6, 6.07) is 13.7. The Morgan fingerprint density at radius 1 is 1.12 bits per heavy atom. The Kier molecular flexibility index (Phi) is 4.07. The number of nitrogens with zero attached hydrogens (tertiary/aromatic N) is 3. The molecular formula is C18H17Cl2N5. The number of para-hydroxylation sites is 1. The molecule has 128 valence electrons. The molecule has 0 amide bonds. The fourth-order valence-electron chi connectivity index (χ4n) is 3.10. The molecule has 1 atom stereocenters. The first kappa shape index (κ1) is 16.3. The maximum absolute atomic E-state index is 6.49. The molecule has 0 radical (unpaired) electrons. The maximum Gasteiger partial charge on any atom is 0.163 e. The van der Waals surface area contributed by atoms with E-state index in [0.717, 1.165) is 22.8 Å². The smallest absolute Gasteiger partial charge is 0.163 e. The molecule has 0 bridgehead atoms. The van der Waals surface area contributed by atoms with Crippen LogP contribution in [0.25, 0.3) is 0 Å². The number of aryl methyl sites for hydroxylation is 1. The van der Waals surface area contributed by atoms with Gasteiger partial charge in [-0.15, -0.1) is 0 Å². The van der Waals surface area contributed by atoms with E-state index in [4.69, 9.17) is 28.9 Å². The summed E-state index contributed by atoms with van der Waals surface area (Å²) in [5.74, 6) is 0.742. The molecule has 3 aromatic rings. The molecule has 0 saturated heterocycles. The summed E-state index contributed by atoms with van der Waals surface area (Å²) in [5.41, 5.74) is 10.3. The number of hydrogen-bond donors (Lipinski definition) is 2. The van der Waals surface area contributed by atoms with E-state index in [1.165, 1.54) is 5.56 Å². The number of fused-ring (bicyclic) bond motifs is 1. The topological polar surface area (TPSA) is 61.2 Å². The van der Waals surface area contributed by atoms with Crippen molar-refractivity contribution in [2.45, 2.75) is 13.1 Å². The summed E-state index contributed by atoms with van der Waals surface area (Å²) in [4.78, 5) is 4.08. The lowest BCUT2D eigenvalue weighted by molar-refractivity contribution is 0.617. The number of anilines is 3. The van der Waals surface area contributed by atoms with Crippen molar-refractivity contribution in [3.05, 3.63) is 69.8 Å². The summed E-state index contributed by atoms with van der Waals surface area (Å²) in [7, 11) is 0. The number of rotatable bonds is 2. The lowest BCUT2D eigenvalue weighted by atomic mass is 10.1. The average Bonchev–Trinajstić information content (AvgIpc) is 3.08. The van der Waals surface area contributed by atoms with Gasteiger partial charge in [-0.3, -0.25) is 5.10 Å². The molecule has 1 aromatic heterocycles. The summed E-state index contributed by atoms with van der Waals surface area (Å²) in [6.45, 7) is 2.55. The standard InChI is InChI=1S/C18H17Cl2N5/c1-11-5-7-12(8-6-11)24-10-25(16-14(19)3-2-4-15(16)20)18-13(17(24)21)9-22-23-18/h2-9,17H,10,21H2,1H3,(H,22,23). The first-order chi connectivity index (χ1) is 12.1. The van der Waals surface area contributed by atoms with Crippen LogP contribution in [0, 0.1) is 6.92 Å². The van der Waals surface area contributed by atoms with Crippen LogP contribution in [0.4, 0.5) is 17.2 Å². The van der Waals surface area contributed by atoms with Gasteiger partial charge in [0, 0.05) is 11.9 Å². The third-order valence-electron chi connectivity index (χ3n) is 4.43. The highest BCUT2D eigenvalue weighted by atomic mass is 35.5. The van der Waals surface area contributed by atoms with Crippen molar-refractivity contribution >= 4 is 40.4 Å². The Bertz CT molecular complexity index is 886. The van der Waals surface area contributed by atoms with Gasteiger partial charge < -0.3 is 15.5 Å². The van der Waals surface area contributed by atoms with Crippen molar-refractivity contribution in [2.24, 2.45) is 5.73 Å². The molecule has 7 heteroatoms. The van der Waals surface area contributed by atoms with E-state index < -0.39 is 0 Å². The van der Waals surface area contributed by atoms with E-state index in [9.17, 15) is 0 Å². The molecule has 0 fully saturated rings. The van der Waals surface area contributed by atoms with Crippen LogP contribution in [-0.2, 0) is 0 Å². The van der Waals surface area contributed by atoms with Gasteiger partial charge in [0.2, 0.25) is 0 Å². The van der Waals surface area contributed by atoms with Crippen molar-refractivity contribution < 1.29 is 0 Å². The minimum atomic E-state index is -0.311. The van der Waals surface area contributed by atoms with E-state index in [1.54, 1.807) is 0 Å². The highest BCUT2D eigenvalue weighted by molar-refractivity contribution is 6.39. The zero-order valence-electron chi connectivity index (χ0n) is 13.6. The largest absolute Gasteiger partial charge is 0.334 e. The lowest BCUT2D eigenvalue weighted by Gasteiger charge is -2.41. The fourth-order valence-corrected chi connectivity index (χ4v) is 3.70. The number of hydrogen-bond acceptors (Lipinski definition) is 4. The SMILES string of the molecule is Cc1ccc(N2CN(c3c(Cl)cccc3Cl)c3n[nH]cc3C2N)cc1. The number of benzene rings is 2. The first-order valence-electron chi connectivity index (χ1n) is 7.90. The van der Waals surface area contributed by atoms with Crippen LogP contribution in [0.15, 0.2) is 48.7 Å². The van der Waals surface area contributed by atoms with Crippen molar-refractivity contribution in [1.82, 2.24) is 10.2 Å². The van der Waals surface area contributed by atoms with E-state index in [0.29, 0.717) is 16.7 Å². The second-order valence-corrected chi connectivity index (χ2v) is 6.87. The zero-order chi connectivity index (χ0) is 17.6. The average molecular weight is 374 g/mol. The number of H-pyrrole nitrogens is 1. The minimum Gasteiger partial charge on any atom is -0.334 e. The molecule has 4 rings (SSSR count). The van der Waals surface area contributed by atoms with Gasteiger partial charge in [0.05, 0.1) is 28.0 Å². The molecule has 1 unspecified atom stereocenters. The highest BCUT2D eigenvalue weighted by Gasteiger charge is 2.33. The third kappa shape index (κ3) is 2.74. The molecule has 25 heavy (non-hydrogen) atoms. The molecule has 1 aliphatic heterocycles. The van der Waals surface area contributed by atoms with E-state index in [-0.39, 0.29) is 6.17 Å². The molecular weight excluding hydrogens is 357 g/mol. The fraction of sp³-hybridized carbons (Fsp3) is 0.167. The van der Waals surface area contributed by atoms with Gasteiger partial charge in [-0.25, -0.2) is 0 Å². The molecule has 0 saturated carbocycles. The van der Waals surface area contributed by atoms with Gasteiger partial charge in [-0.2, -0.15) is 5.10 Å². The van der Waals surface area contributed by atoms with E-state index in [2.05, 4.69) is 46.3 Å². The number of aromatic nitrogens is 2.